The molecule has 0 aromatic heterocycles. The van der Waals surface area contributed by atoms with E-state index in [2.05, 4.69) is 36.9 Å². The fourth-order valence-corrected chi connectivity index (χ4v) is 3.62. The van der Waals surface area contributed by atoms with Gasteiger partial charge in [-0.15, -0.1) is 0 Å². The smallest absolute Gasteiger partial charge is 0.0476 e. The molecule has 0 aliphatic carbocycles. The number of rotatable bonds is 3. The van der Waals surface area contributed by atoms with E-state index in [-0.39, 0.29) is 0 Å². The lowest BCUT2D eigenvalue weighted by atomic mass is 9.95. The third-order valence-electron chi connectivity index (χ3n) is 3.59. The molecule has 2 N–H and O–H groups in total. The Morgan fingerprint density at radius 2 is 1.82 bits per heavy atom. The molecule has 1 aromatic rings. The number of thioether (sulfide) groups is 1. The van der Waals surface area contributed by atoms with Gasteiger partial charge < -0.3 is 5.73 Å². The van der Waals surface area contributed by atoms with Crippen molar-refractivity contribution in [3.05, 3.63) is 34.9 Å². The van der Waals surface area contributed by atoms with Crippen LogP contribution in [0, 0.1) is 13.8 Å². The van der Waals surface area contributed by atoms with Crippen molar-refractivity contribution in [2.45, 2.75) is 19.9 Å². The van der Waals surface area contributed by atoms with Gasteiger partial charge in [0.15, 0.2) is 0 Å². The van der Waals surface area contributed by atoms with Crippen LogP contribution in [0.1, 0.15) is 22.7 Å². The maximum absolute atomic E-state index is 6.02. The van der Waals surface area contributed by atoms with E-state index in [1.54, 1.807) is 0 Å². The second-order valence-electron chi connectivity index (χ2n) is 4.71. The maximum Gasteiger partial charge on any atom is 0.0476 e. The van der Waals surface area contributed by atoms with Crippen molar-refractivity contribution >= 4 is 11.8 Å². The molecule has 94 valence electrons. The average Bonchev–Trinajstić information content (AvgIpc) is 2.35. The van der Waals surface area contributed by atoms with Gasteiger partial charge in [0.1, 0.15) is 0 Å². The van der Waals surface area contributed by atoms with Gasteiger partial charge in [0.25, 0.3) is 0 Å². The quantitative estimate of drug-likeness (QED) is 0.893. The van der Waals surface area contributed by atoms with Crippen LogP contribution in [0.3, 0.4) is 0 Å². The van der Waals surface area contributed by atoms with Crippen LogP contribution in [-0.4, -0.2) is 36.0 Å². The first-order valence-corrected chi connectivity index (χ1v) is 7.47. The Hall–Kier alpha value is -0.510. The fraction of sp³-hybridized carbons (Fsp3) is 0.571. The lowest BCUT2D eigenvalue weighted by molar-refractivity contribution is 0.222. The van der Waals surface area contributed by atoms with Gasteiger partial charge in [-0.1, -0.05) is 18.2 Å². The summed E-state index contributed by atoms with van der Waals surface area (Å²) < 4.78 is 0. The van der Waals surface area contributed by atoms with Gasteiger partial charge in [0.05, 0.1) is 0 Å². The largest absolute Gasteiger partial charge is 0.329 e. The van der Waals surface area contributed by atoms with Crippen molar-refractivity contribution in [3.63, 3.8) is 0 Å². The monoisotopic (exact) mass is 250 g/mol. The number of benzene rings is 1. The third kappa shape index (κ3) is 2.84. The number of aryl methyl sites for hydroxylation is 2. The summed E-state index contributed by atoms with van der Waals surface area (Å²) in [7, 11) is 0. The molecular formula is C14H22N2S. The number of nitrogens with two attached hydrogens (primary N) is 1. The SMILES string of the molecule is Cc1cccc(C)c1C(CN)N1CCSCC1. The molecule has 2 rings (SSSR count). The maximum atomic E-state index is 6.02. The number of hydrogen-bond acceptors (Lipinski definition) is 3. The zero-order valence-electron chi connectivity index (χ0n) is 10.8. The van der Waals surface area contributed by atoms with Crippen molar-refractivity contribution < 1.29 is 0 Å². The molecule has 0 radical (unpaired) electrons. The van der Waals surface area contributed by atoms with Crippen LogP contribution in [0.15, 0.2) is 18.2 Å². The predicted octanol–water partition coefficient (Wildman–Crippen LogP) is 2.35. The number of nitrogens with zero attached hydrogens (tertiary/aromatic N) is 1. The summed E-state index contributed by atoms with van der Waals surface area (Å²) in [6.07, 6.45) is 0. The van der Waals surface area contributed by atoms with Gasteiger partial charge >= 0.3 is 0 Å². The van der Waals surface area contributed by atoms with E-state index < -0.39 is 0 Å². The summed E-state index contributed by atoms with van der Waals surface area (Å²) in [5, 5.41) is 0. The first-order valence-electron chi connectivity index (χ1n) is 6.32. The molecule has 0 spiro atoms. The van der Waals surface area contributed by atoms with Crippen molar-refractivity contribution in [1.29, 1.82) is 0 Å². The van der Waals surface area contributed by atoms with Gasteiger partial charge in [-0.05, 0) is 30.5 Å². The summed E-state index contributed by atoms with van der Waals surface area (Å²) in [4.78, 5) is 2.55. The van der Waals surface area contributed by atoms with Gasteiger partial charge in [0, 0.05) is 37.2 Å². The predicted molar refractivity (Wildman–Crippen MR) is 76.6 cm³/mol. The van der Waals surface area contributed by atoms with Crippen LogP contribution in [0.4, 0.5) is 0 Å². The van der Waals surface area contributed by atoms with Crippen molar-refractivity contribution in [3.8, 4) is 0 Å². The Bertz CT molecular complexity index is 352. The molecule has 1 unspecified atom stereocenters. The number of hydrogen-bond donors (Lipinski definition) is 1. The molecule has 0 amide bonds. The molecule has 1 saturated heterocycles. The van der Waals surface area contributed by atoms with E-state index in [9.17, 15) is 0 Å². The minimum absolute atomic E-state index is 0.400. The van der Waals surface area contributed by atoms with Gasteiger partial charge in [-0.2, -0.15) is 11.8 Å². The summed E-state index contributed by atoms with van der Waals surface area (Å²) >= 11 is 2.05. The molecule has 1 aliphatic heterocycles. The molecule has 1 aromatic carbocycles. The molecule has 0 bridgehead atoms. The first-order chi connectivity index (χ1) is 8.24. The van der Waals surface area contributed by atoms with Gasteiger partial charge in [-0.3, -0.25) is 4.90 Å². The average molecular weight is 250 g/mol. The molecule has 1 aliphatic rings. The standard InChI is InChI=1S/C14H22N2S/c1-11-4-3-5-12(2)14(11)13(10-15)16-6-8-17-9-7-16/h3-5,13H,6-10,15H2,1-2H3. The summed E-state index contributed by atoms with van der Waals surface area (Å²) in [6, 6.07) is 6.93. The molecule has 1 atom stereocenters. The topological polar surface area (TPSA) is 29.3 Å². The second kappa shape index (κ2) is 5.89. The fourth-order valence-electron chi connectivity index (χ4n) is 2.69. The van der Waals surface area contributed by atoms with Crippen LogP contribution < -0.4 is 5.73 Å². The summed E-state index contributed by atoms with van der Waals surface area (Å²) in [5.41, 5.74) is 10.2. The molecule has 3 heteroatoms. The van der Waals surface area contributed by atoms with Crippen molar-refractivity contribution in [2.75, 3.05) is 31.1 Å². The normalized spacial score (nSPS) is 19.2. The van der Waals surface area contributed by atoms with Crippen LogP contribution in [0.25, 0.3) is 0 Å². The minimum Gasteiger partial charge on any atom is -0.329 e. The highest BCUT2D eigenvalue weighted by Gasteiger charge is 2.23. The van der Waals surface area contributed by atoms with E-state index in [0.29, 0.717) is 6.04 Å². The Morgan fingerprint density at radius 3 is 2.35 bits per heavy atom. The minimum atomic E-state index is 0.400. The van der Waals surface area contributed by atoms with Gasteiger partial charge in [0.2, 0.25) is 0 Å². The Labute approximate surface area is 109 Å². The van der Waals surface area contributed by atoms with Crippen molar-refractivity contribution in [1.82, 2.24) is 4.90 Å². The van der Waals surface area contributed by atoms with Crippen LogP contribution in [0.5, 0.6) is 0 Å². The Morgan fingerprint density at radius 1 is 1.24 bits per heavy atom. The van der Waals surface area contributed by atoms with E-state index in [1.807, 2.05) is 11.8 Å². The zero-order valence-corrected chi connectivity index (χ0v) is 11.6. The Balaban J connectivity index is 2.27. The first kappa shape index (κ1) is 12.9. The lowest BCUT2D eigenvalue weighted by Gasteiger charge is -2.35. The van der Waals surface area contributed by atoms with E-state index in [0.717, 1.165) is 6.54 Å². The molecule has 17 heavy (non-hydrogen) atoms. The molecule has 1 fully saturated rings. The molecular weight excluding hydrogens is 228 g/mol. The van der Waals surface area contributed by atoms with E-state index in [1.165, 1.54) is 41.3 Å². The van der Waals surface area contributed by atoms with E-state index >= 15 is 0 Å². The highest BCUT2D eigenvalue weighted by Crippen LogP contribution is 2.28. The van der Waals surface area contributed by atoms with Crippen molar-refractivity contribution in [2.24, 2.45) is 5.73 Å². The van der Waals surface area contributed by atoms with Gasteiger partial charge in [-0.25, -0.2) is 0 Å². The lowest BCUT2D eigenvalue weighted by Crippen LogP contribution is -2.40. The summed E-state index contributed by atoms with van der Waals surface area (Å²) in [5.74, 6) is 2.48. The zero-order chi connectivity index (χ0) is 12.3. The Kier molecular flexibility index (Phi) is 4.48. The molecule has 2 nitrogen and oxygen atoms in total. The van der Waals surface area contributed by atoms with Crippen LogP contribution >= 0.6 is 11.8 Å². The highest BCUT2D eigenvalue weighted by atomic mass is 32.2. The van der Waals surface area contributed by atoms with Crippen LogP contribution in [0.2, 0.25) is 0 Å². The molecule has 1 heterocycles. The third-order valence-corrected chi connectivity index (χ3v) is 4.53. The highest BCUT2D eigenvalue weighted by molar-refractivity contribution is 7.99. The second-order valence-corrected chi connectivity index (χ2v) is 5.93. The van der Waals surface area contributed by atoms with E-state index in [4.69, 9.17) is 5.73 Å². The molecule has 0 saturated carbocycles. The van der Waals surface area contributed by atoms with Crippen LogP contribution in [-0.2, 0) is 0 Å². The summed E-state index contributed by atoms with van der Waals surface area (Å²) in [6.45, 7) is 7.45.